The number of hydrogen-bond acceptors (Lipinski definition) is 7. The first-order valence-electron chi connectivity index (χ1n) is 10.7. The summed E-state index contributed by atoms with van der Waals surface area (Å²) >= 11 is 3.08. The predicted octanol–water partition coefficient (Wildman–Crippen LogP) is 4.62. The van der Waals surface area contributed by atoms with E-state index in [1.165, 1.54) is 28.6 Å². The second kappa shape index (κ2) is 9.14. The molecule has 31 heavy (non-hydrogen) atoms. The van der Waals surface area contributed by atoms with Crippen LogP contribution in [0.2, 0.25) is 0 Å². The maximum Gasteiger partial charge on any atom is 0.278 e. The first-order valence-corrected chi connectivity index (χ1v) is 12.4. The van der Waals surface area contributed by atoms with Crippen LogP contribution in [0, 0.1) is 5.92 Å². The molecule has 0 N–H and O–H groups in total. The highest BCUT2D eigenvalue weighted by Crippen LogP contribution is 2.40. The Balaban J connectivity index is 1.37. The molecule has 1 aliphatic heterocycles. The number of nitrogens with zero attached hydrogens (tertiary/aromatic N) is 3. The molecule has 2 atom stereocenters. The summed E-state index contributed by atoms with van der Waals surface area (Å²) in [6, 6.07) is 12.0. The summed E-state index contributed by atoms with van der Waals surface area (Å²) in [6.07, 6.45) is 3.48. The number of hydrogen-bond donors (Lipinski definition) is 0. The van der Waals surface area contributed by atoms with Crippen molar-refractivity contribution in [1.29, 1.82) is 0 Å². The molecule has 6 nitrogen and oxygen atoms in total. The van der Waals surface area contributed by atoms with Gasteiger partial charge < -0.3 is 14.1 Å². The third-order valence-corrected chi connectivity index (χ3v) is 8.12. The molecule has 0 bridgehead atoms. The van der Waals surface area contributed by atoms with Crippen molar-refractivity contribution in [1.82, 2.24) is 15.1 Å². The number of thioether (sulfide) groups is 1. The molecule has 0 radical (unpaired) electrons. The summed E-state index contributed by atoms with van der Waals surface area (Å²) in [4.78, 5) is 17.6. The number of morpholine rings is 1. The number of carbonyl (C=O) groups excluding carboxylic acids is 1. The minimum Gasteiger partial charge on any atom is -0.410 e. The van der Waals surface area contributed by atoms with Crippen LogP contribution in [0.5, 0.6) is 0 Å². The van der Waals surface area contributed by atoms with Gasteiger partial charge in [0.1, 0.15) is 5.25 Å². The smallest absolute Gasteiger partial charge is 0.278 e. The monoisotopic (exact) mass is 455 g/mol. The van der Waals surface area contributed by atoms with Crippen LogP contribution in [-0.2, 0) is 22.4 Å². The normalized spacial score (nSPS) is 19.8. The Morgan fingerprint density at radius 3 is 2.84 bits per heavy atom. The Hall–Kier alpha value is -2.16. The van der Waals surface area contributed by atoms with Crippen LogP contribution in [-0.4, -0.2) is 47.3 Å². The molecule has 1 amide bonds. The van der Waals surface area contributed by atoms with Gasteiger partial charge in [0.2, 0.25) is 5.91 Å². The van der Waals surface area contributed by atoms with Gasteiger partial charge in [0.25, 0.3) is 11.1 Å². The van der Waals surface area contributed by atoms with Crippen LogP contribution in [0.1, 0.15) is 34.6 Å². The third-order valence-electron chi connectivity index (χ3n) is 5.81. The fourth-order valence-corrected chi connectivity index (χ4v) is 6.20. The summed E-state index contributed by atoms with van der Waals surface area (Å²) in [5.74, 6) is 1.32. The van der Waals surface area contributed by atoms with Crippen LogP contribution < -0.4 is 0 Å². The number of aromatic nitrogens is 2. The molecule has 1 fully saturated rings. The van der Waals surface area contributed by atoms with Gasteiger partial charge in [-0.05, 0) is 54.1 Å². The van der Waals surface area contributed by atoms with E-state index in [-0.39, 0.29) is 5.91 Å². The van der Waals surface area contributed by atoms with Crippen molar-refractivity contribution in [2.24, 2.45) is 5.92 Å². The minimum absolute atomic E-state index is 0.0554. The van der Waals surface area contributed by atoms with Gasteiger partial charge in [0.15, 0.2) is 0 Å². The van der Waals surface area contributed by atoms with Crippen molar-refractivity contribution in [2.75, 3.05) is 26.3 Å². The number of benzene rings is 1. The fourth-order valence-electron chi connectivity index (χ4n) is 4.11. The standard InChI is InChI=1S/C23H25N3O3S2/c1-15-7-8-18-17(13-15)14-19(30-18)21-24-25-23(29-21)31-20(16-5-3-2-4-6-16)22(27)26-9-11-28-12-10-26/h2-6,14-15,20H,7-13H2,1H3/t15-,20-/m1/s1. The number of amides is 1. The van der Waals surface area contributed by atoms with Crippen LogP contribution >= 0.6 is 23.1 Å². The first kappa shape index (κ1) is 20.7. The van der Waals surface area contributed by atoms with E-state index >= 15 is 0 Å². The molecular formula is C23H25N3O3S2. The lowest BCUT2D eigenvalue weighted by atomic mass is 9.90. The third kappa shape index (κ3) is 4.56. The molecule has 5 rings (SSSR count). The van der Waals surface area contributed by atoms with Gasteiger partial charge in [-0.3, -0.25) is 4.79 Å². The SMILES string of the molecule is C[C@@H]1CCc2sc(-c3nnc(S[C@@H](C(=O)N4CCOCC4)c4ccccc4)o3)cc2C1. The van der Waals surface area contributed by atoms with E-state index in [0.717, 1.165) is 29.2 Å². The first-order chi connectivity index (χ1) is 15.2. The molecule has 0 spiro atoms. The summed E-state index contributed by atoms with van der Waals surface area (Å²) in [7, 11) is 0. The van der Waals surface area contributed by atoms with Crippen molar-refractivity contribution in [3.8, 4) is 10.8 Å². The van der Waals surface area contributed by atoms with Crippen LogP contribution in [0.25, 0.3) is 10.8 Å². The predicted molar refractivity (Wildman–Crippen MR) is 121 cm³/mol. The molecule has 1 aliphatic carbocycles. The van der Waals surface area contributed by atoms with E-state index < -0.39 is 5.25 Å². The van der Waals surface area contributed by atoms with Gasteiger partial charge in [0, 0.05) is 18.0 Å². The molecule has 0 unspecified atom stereocenters. The maximum absolute atomic E-state index is 13.3. The van der Waals surface area contributed by atoms with Crippen LogP contribution in [0.4, 0.5) is 0 Å². The average molecular weight is 456 g/mol. The van der Waals surface area contributed by atoms with Gasteiger partial charge in [-0.15, -0.1) is 21.5 Å². The Bertz CT molecular complexity index is 1040. The van der Waals surface area contributed by atoms with Gasteiger partial charge >= 0.3 is 0 Å². The Kier molecular flexibility index (Phi) is 6.11. The van der Waals surface area contributed by atoms with Gasteiger partial charge in [-0.25, -0.2) is 0 Å². The molecule has 0 saturated carbocycles. The lowest BCUT2D eigenvalue weighted by Crippen LogP contribution is -2.42. The fraction of sp³-hybridized carbons (Fsp3) is 0.435. The van der Waals surface area contributed by atoms with Gasteiger partial charge in [-0.1, -0.05) is 37.3 Å². The lowest BCUT2D eigenvalue weighted by Gasteiger charge is -2.29. The highest BCUT2D eigenvalue weighted by Gasteiger charge is 2.30. The number of carbonyl (C=O) groups is 1. The molecule has 3 aromatic rings. The molecule has 2 aliphatic rings. The Labute approximate surface area is 190 Å². The average Bonchev–Trinajstić information content (AvgIpc) is 3.45. The Morgan fingerprint density at radius 2 is 2.03 bits per heavy atom. The van der Waals surface area contributed by atoms with E-state index in [2.05, 4.69) is 23.2 Å². The van der Waals surface area contributed by atoms with Gasteiger partial charge in [0.05, 0.1) is 18.1 Å². The van der Waals surface area contributed by atoms with E-state index in [9.17, 15) is 4.79 Å². The van der Waals surface area contributed by atoms with Gasteiger partial charge in [-0.2, -0.15) is 0 Å². The molecule has 1 saturated heterocycles. The molecule has 2 aromatic heterocycles. The van der Waals surface area contributed by atoms with Crippen molar-refractivity contribution in [2.45, 2.75) is 36.7 Å². The quantitative estimate of drug-likeness (QED) is 0.523. The highest BCUT2D eigenvalue weighted by molar-refractivity contribution is 8.00. The molecular weight excluding hydrogens is 430 g/mol. The summed E-state index contributed by atoms with van der Waals surface area (Å²) in [6.45, 7) is 4.67. The zero-order valence-corrected chi connectivity index (χ0v) is 19.1. The zero-order chi connectivity index (χ0) is 21.2. The zero-order valence-electron chi connectivity index (χ0n) is 17.5. The van der Waals surface area contributed by atoms with E-state index in [4.69, 9.17) is 9.15 Å². The highest BCUT2D eigenvalue weighted by atomic mass is 32.2. The van der Waals surface area contributed by atoms with Crippen LogP contribution in [0.15, 0.2) is 46.0 Å². The topological polar surface area (TPSA) is 68.5 Å². The van der Waals surface area contributed by atoms with Crippen molar-refractivity contribution in [3.05, 3.63) is 52.4 Å². The van der Waals surface area contributed by atoms with Crippen molar-refractivity contribution < 1.29 is 13.9 Å². The molecule has 162 valence electrons. The number of ether oxygens (including phenoxy) is 1. The summed E-state index contributed by atoms with van der Waals surface area (Å²) in [5, 5.41) is 8.56. The lowest BCUT2D eigenvalue weighted by molar-refractivity contribution is -0.134. The maximum atomic E-state index is 13.3. The van der Waals surface area contributed by atoms with E-state index in [1.54, 1.807) is 11.3 Å². The van der Waals surface area contributed by atoms with E-state index in [1.807, 2.05) is 35.2 Å². The number of rotatable bonds is 5. The number of thiophene rings is 1. The second-order valence-corrected chi connectivity index (χ2v) is 10.3. The molecule has 1 aromatic carbocycles. The summed E-state index contributed by atoms with van der Waals surface area (Å²) in [5.41, 5.74) is 2.35. The minimum atomic E-state index is -0.426. The second-order valence-electron chi connectivity index (χ2n) is 8.13. The largest absolute Gasteiger partial charge is 0.410 e. The van der Waals surface area contributed by atoms with Crippen molar-refractivity contribution in [3.63, 3.8) is 0 Å². The number of fused-ring (bicyclic) bond motifs is 1. The summed E-state index contributed by atoms with van der Waals surface area (Å²) < 4.78 is 11.4. The Morgan fingerprint density at radius 1 is 1.23 bits per heavy atom. The molecule has 3 heterocycles. The number of aryl methyl sites for hydroxylation is 1. The van der Waals surface area contributed by atoms with Crippen LogP contribution in [0.3, 0.4) is 0 Å². The molecule has 8 heteroatoms. The van der Waals surface area contributed by atoms with Crippen molar-refractivity contribution >= 4 is 29.0 Å². The van der Waals surface area contributed by atoms with E-state index in [0.29, 0.717) is 37.4 Å².